The highest BCUT2D eigenvalue weighted by Gasteiger charge is 2.14. The quantitative estimate of drug-likeness (QED) is 0.295. The third-order valence-corrected chi connectivity index (χ3v) is 2.81. The van der Waals surface area contributed by atoms with E-state index in [-0.39, 0.29) is 5.84 Å². The average Bonchev–Trinajstić information content (AvgIpc) is 2.57. The average molecular weight is 190 g/mol. The molecule has 3 N–H and O–H groups in total. The van der Waals surface area contributed by atoms with Gasteiger partial charge in [-0.3, -0.25) is 0 Å². The summed E-state index contributed by atoms with van der Waals surface area (Å²) in [6.45, 7) is 0.884. The highest BCUT2D eigenvalue weighted by atomic mass is 32.2. The number of nitrogens with two attached hydrogens (primary N) is 1. The van der Waals surface area contributed by atoms with Gasteiger partial charge in [0.15, 0.2) is 0 Å². The second-order valence-corrected chi connectivity index (χ2v) is 3.77. The predicted molar refractivity (Wildman–Crippen MR) is 49.7 cm³/mol. The smallest absolute Gasteiger partial charge is 0.149 e. The molecule has 70 valence electrons. The molecule has 1 rings (SSSR count). The monoisotopic (exact) mass is 190 g/mol. The van der Waals surface area contributed by atoms with E-state index in [0.717, 1.165) is 25.2 Å². The minimum Gasteiger partial charge on any atom is -0.409 e. The van der Waals surface area contributed by atoms with Crippen LogP contribution in [-0.2, 0) is 4.74 Å². The van der Waals surface area contributed by atoms with Gasteiger partial charge in [-0.1, -0.05) is 5.16 Å². The normalized spacial score (nSPS) is 24.7. The maximum Gasteiger partial charge on any atom is 0.149 e. The van der Waals surface area contributed by atoms with Crippen LogP contribution in [-0.4, -0.2) is 35.3 Å². The number of thioether (sulfide) groups is 1. The Labute approximate surface area is 76.1 Å². The van der Waals surface area contributed by atoms with Crippen molar-refractivity contribution in [2.45, 2.75) is 18.9 Å². The van der Waals surface area contributed by atoms with Crippen LogP contribution in [0.4, 0.5) is 0 Å². The SMILES string of the molecule is NC(CSCC1CCCO1)=NO. The Morgan fingerprint density at radius 3 is 3.17 bits per heavy atom. The van der Waals surface area contributed by atoms with Gasteiger partial charge in [-0.15, -0.1) is 0 Å². The molecule has 1 aliphatic heterocycles. The van der Waals surface area contributed by atoms with Gasteiger partial charge in [0.2, 0.25) is 0 Å². The van der Waals surface area contributed by atoms with Gasteiger partial charge in [0.1, 0.15) is 5.84 Å². The standard InChI is InChI=1S/C7H14N2O2S/c8-7(9-10)5-12-4-6-2-1-3-11-6/h6,10H,1-5H2,(H2,8,9). The number of hydrogen-bond acceptors (Lipinski definition) is 4. The van der Waals surface area contributed by atoms with Gasteiger partial charge in [0.05, 0.1) is 11.9 Å². The van der Waals surface area contributed by atoms with Crippen LogP contribution in [0.1, 0.15) is 12.8 Å². The summed E-state index contributed by atoms with van der Waals surface area (Å²) in [5.74, 6) is 1.80. The van der Waals surface area contributed by atoms with Crippen LogP contribution in [0.3, 0.4) is 0 Å². The lowest BCUT2D eigenvalue weighted by Gasteiger charge is -2.07. The second-order valence-electron chi connectivity index (χ2n) is 2.74. The third-order valence-electron chi connectivity index (χ3n) is 1.71. The summed E-state index contributed by atoms with van der Waals surface area (Å²) >= 11 is 1.64. The van der Waals surface area contributed by atoms with Gasteiger partial charge in [0.25, 0.3) is 0 Å². The molecule has 5 heteroatoms. The number of hydrogen-bond donors (Lipinski definition) is 2. The molecule has 1 unspecified atom stereocenters. The zero-order valence-corrected chi connectivity index (χ0v) is 7.72. The van der Waals surface area contributed by atoms with Crippen LogP contribution in [0.5, 0.6) is 0 Å². The number of oxime groups is 1. The van der Waals surface area contributed by atoms with Crippen molar-refractivity contribution in [1.29, 1.82) is 0 Å². The van der Waals surface area contributed by atoms with Crippen LogP contribution in [0, 0.1) is 0 Å². The van der Waals surface area contributed by atoms with Gasteiger partial charge >= 0.3 is 0 Å². The number of ether oxygens (including phenoxy) is 1. The van der Waals surface area contributed by atoms with Crippen LogP contribution in [0.2, 0.25) is 0 Å². The molecule has 0 aromatic carbocycles. The van der Waals surface area contributed by atoms with E-state index in [1.54, 1.807) is 11.8 Å². The molecule has 4 nitrogen and oxygen atoms in total. The van der Waals surface area contributed by atoms with Crippen molar-refractivity contribution >= 4 is 17.6 Å². The molecule has 1 atom stereocenters. The molecule has 1 fully saturated rings. The maximum absolute atomic E-state index is 8.25. The van der Waals surface area contributed by atoms with E-state index < -0.39 is 0 Å². The molecule has 0 radical (unpaired) electrons. The van der Waals surface area contributed by atoms with E-state index >= 15 is 0 Å². The maximum atomic E-state index is 8.25. The Balaban J connectivity index is 2.01. The number of amidine groups is 1. The van der Waals surface area contributed by atoms with E-state index in [9.17, 15) is 0 Å². The number of rotatable bonds is 4. The van der Waals surface area contributed by atoms with Gasteiger partial charge in [0, 0.05) is 12.4 Å². The fourth-order valence-electron chi connectivity index (χ4n) is 1.10. The minimum atomic E-state index is 0.276. The Morgan fingerprint density at radius 2 is 2.58 bits per heavy atom. The predicted octanol–water partition coefficient (Wildman–Crippen LogP) is 0.645. The first-order valence-electron chi connectivity index (χ1n) is 3.98. The van der Waals surface area contributed by atoms with Crippen molar-refractivity contribution in [2.75, 3.05) is 18.1 Å². The zero-order chi connectivity index (χ0) is 8.81. The second kappa shape index (κ2) is 5.27. The molecular formula is C7H14N2O2S. The highest BCUT2D eigenvalue weighted by molar-refractivity contribution is 8.00. The van der Waals surface area contributed by atoms with Crippen LogP contribution in [0.15, 0.2) is 5.16 Å². The molecule has 1 heterocycles. The molecule has 0 bridgehead atoms. The molecule has 1 aliphatic rings. The Bertz CT molecular complexity index is 157. The lowest BCUT2D eigenvalue weighted by atomic mass is 10.3. The third kappa shape index (κ3) is 3.32. The van der Waals surface area contributed by atoms with Crippen molar-refractivity contribution in [1.82, 2.24) is 0 Å². The topological polar surface area (TPSA) is 67.8 Å². The fraction of sp³-hybridized carbons (Fsp3) is 0.857. The van der Waals surface area contributed by atoms with Gasteiger partial charge in [-0.05, 0) is 12.8 Å². The van der Waals surface area contributed by atoms with Crippen LogP contribution in [0.25, 0.3) is 0 Å². The molecule has 0 aliphatic carbocycles. The van der Waals surface area contributed by atoms with Crippen molar-refractivity contribution in [3.05, 3.63) is 0 Å². The first-order valence-corrected chi connectivity index (χ1v) is 5.14. The first-order chi connectivity index (χ1) is 5.83. The summed E-state index contributed by atoms with van der Waals surface area (Å²) in [6, 6.07) is 0. The van der Waals surface area contributed by atoms with Crippen molar-refractivity contribution in [3.8, 4) is 0 Å². The Kier molecular flexibility index (Phi) is 4.24. The van der Waals surface area contributed by atoms with Crippen molar-refractivity contribution in [3.63, 3.8) is 0 Å². The van der Waals surface area contributed by atoms with Gasteiger partial charge < -0.3 is 15.7 Å². The first kappa shape index (κ1) is 9.67. The molecule has 0 aromatic rings. The molecule has 0 spiro atoms. The molecule has 0 aromatic heterocycles. The molecular weight excluding hydrogens is 176 g/mol. The number of nitrogens with zero attached hydrogens (tertiary/aromatic N) is 1. The molecule has 12 heavy (non-hydrogen) atoms. The fourth-order valence-corrected chi connectivity index (χ4v) is 2.01. The van der Waals surface area contributed by atoms with E-state index in [4.69, 9.17) is 15.7 Å². The largest absolute Gasteiger partial charge is 0.409 e. The molecule has 1 saturated heterocycles. The van der Waals surface area contributed by atoms with Gasteiger partial charge in [-0.25, -0.2) is 0 Å². The summed E-state index contributed by atoms with van der Waals surface area (Å²) in [4.78, 5) is 0. The summed E-state index contributed by atoms with van der Waals surface area (Å²) < 4.78 is 5.40. The lowest BCUT2D eigenvalue weighted by Crippen LogP contribution is -2.17. The van der Waals surface area contributed by atoms with Crippen molar-refractivity contribution < 1.29 is 9.94 Å². The Hall–Kier alpha value is -0.420. The van der Waals surface area contributed by atoms with Crippen LogP contribution >= 0.6 is 11.8 Å². The highest BCUT2D eigenvalue weighted by Crippen LogP contribution is 2.16. The minimum absolute atomic E-state index is 0.276. The van der Waals surface area contributed by atoms with E-state index in [0.29, 0.717) is 11.9 Å². The summed E-state index contributed by atoms with van der Waals surface area (Å²) in [5.41, 5.74) is 5.30. The summed E-state index contributed by atoms with van der Waals surface area (Å²) in [7, 11) is 0. The van der Waals surface area contributed by atoms with E-state index in [1.807, 2.05) is 0 Å². The molecule has 0 amide bonds. The van der Waals surface area contributed by atoms with E-state index in [2.05, 4.69) is 5.16 Å². The molecule has 0 saturated carbocycles. The van der Waals surface area contributed by atoms with Crippen LogP contribution < -0.4 is 5.73 Å². The Morgan fingerprint density at radius 1 is 1.75 bits per heavy atom. The lowest BCUT2D eigenvalue weighted by molar-refractivity contribution is 0.129. The van der Waals surface area contributed by atoms with E-state index in [1.165, 1.54) is 0 Å². The summed E-state index contributed by atoms with van der Waals surface area (Å²) in [5, 5.41) is 11.1. The summed E-state index contributed by atoms with van der Waals surface area (Å²) in [6.07, 6.45) is 2.68. The zero-order valence-electron chi connectivity index (χ0n) is 6.90. The van der Waals surface area contributed by atoms with Crippen molar-refractivity contribution in [2.24, 2.45) is 10.9 Å². The van der Waals surface area contributed by atoms with Gasteiger partial charge in [-0.2, -0.15) is 11.8 Å².